The standard InChI is InChI=1S/C21H19IN2O6/c1-12-4-3-5-13(6-12)11-30-19-15(22)7-14(9-17(19)29-2)8-16-20(27)24(10-18(25)26)21(28)23-16/h3-9H,10-11H2,1-2H3,(H,23,28)(H,25,26)/b16-8+. The predicted molar refractivity (Wildman–Crippen MR) is 117 cm³/mol. The number of methoxy groups -OCH3 is 1. The van der Waals surface area contributed by atoms with E-state index in [4.69, 9.17) is 14.6 Å². The second-order valence-corrected chi connectivity index (χ2v) is 7.75. The molecule has 0 radical (unpaired) electrons. The summed E-state index contributed by atoms with van der Waals surface area (Å²) < 4.78 is 12.2. The van der Waals surface area contributed by atoms with E-state index < -0.39 is 24.5 Å². The van der Waals surface area contributed by atoms with Crippen molar-refractivity contribution in [3.63, 3.8) is 0 Å². The quantitative estimate of drug-likeness (QED) is 0.329. The first-order valence-corrected chi connectivity index (χ1v) is 9.98. The molecule has 1 aliphatic heterocycles. The average Bonchev–Trinajstić information content (AvgIpc) is 2.94. The number of amides is 3. The van der Waals surface area contributed by atoms with Crippen LogP contribution >= 0.6 is 22.6 Å². The highest BCUT2D eigenvalue weighted by Crippen LogP contribution is 2.35. The Morgan fingerprint density at radius 1 is 1.27 bits per heavy atom. The fourth-order valence-corrected chi connectivity index (χ4v) is 3.72. The summed E-state index contributed by atoms with van der Waals surface area (Å²) in [7, 11) is 1.51. The molecule has 1 heterocycles. The normalized spacial score (nSPS) is 14.8. The lowest BCUT2D eigenvalue weighted by Crippen LogP contribution is -2.35. The Bertz CT molecular complexity index is 1050. The summed E-state index contributed by atoms with van der Waals surface area (Å²) in [5.74, 6) is -0.932. The van der Waals surface area contributed by atoms with Crippen molar-refractivity contribution in [2.75, 3.05) is 13.7 Å². The zero-order valence-corrected chi connectivity index (χ0v) is 18.4. The van der Waals surface area contributed by atoms with Gasteiger partial charge in [0.25, 0.3) is 5.91 Å². The first-order chi connectivity index (χ1) is 14.3. The SMILES string of the molecule is COc1cc(/C=C2/NC(=O)N(CC(=O)O)C2=O)cc(I)c1OCc1cccc(C)c1. The van der Waals surface area contributed by atoms with E-state index in [-0.39, 0.29) is 5.70 Å². The second kappa shape index (κ2) is 9.16. The Hall–Kier alpha value is -3.08. The van der Waals surface area contributed by atoms with Gasteiger partial charge in [0, 0.05) is 0 Å². The Balaban J connectivity index is 1.83. The molecule has 156 valence electrons. The van der Waals surface area contributed by atoms with Crippen LogP contribution in [0.5, 0.6) is 11.5 Å². The molecule has 0 spiro atoms. The molecule has 1 fully saturated rings. The Kier molecular flexibility index (Phi) is 6.60. The highest BCUT2D eigenvalue weighted by atomic mass is 127. The molecule has 0 aliphatic carbocycles. The summed E-state index contributed by atoms with van der Waals surface area (Å²) >= 11 is 2.11. The van der Waals surface area contributed by atoms with E-state index in [1.165, 1.54) is 13.2 Å². The molecule has 9 heteroatoms. The van der Waals surface area contributed by atoms with Crippen LogP contribution in [0.15, 0.2) is 42.1 Å². The van der Waals surface area contributed by atoms with Gasteiger partial charge in [0.2, 0.25) is 0 Å². The lowest BCUT2D eigenvalue weighted by atomic mass is 10.1. The fraction of sp³-hybridized carbons (Fsp3) is 0.190. The number of nitrogens with zero attached hydrogens (tertiary/aromatic N) is 1. The van der Waals surface area contributed by atoms with Crippen LogP contribution in [0.1, 0.15) is 16.7 Å². The van der Waals surface area contributed by atoms with Gasteiger partial charge in [-0.1, -0.05) is 29.8 Å². The van der Waals surface area contributed by atoms with E-state index in [1.54, 1.807) is 12.1 Å². The van der Waals surface area contributed by atoms with E-state index in [0.717, 1.165) is 14.7 Å². The smallest absolute Gasteiger partial charge is 0.329 e. The molecule has 30 heavy (non-hydrogen) atoms. The molecule has 2 aromatic carbocycles. The van der Waals surface area contributed by atoms with Gasteiger partial charge >= 0.3 is 12.0 Å². The summed E-state index contributed by atoms with van der Waals surface area (Å²) in [6, 6.07) is 10.7. The third-order valence-corrected chi connectivity index (χ3v) is 5.09. The molecule has 0 bridgehead atoms. The number of carbonyl (C=O) groups excluding carboxylic acids is 2. The summed E-state index contributed by atoms with van der Waals surface area (Å²) in [4.78, 5) is 35.6. The number of halogens is 1. The largest absolute Gasteiger partial charge is 0.493 e. The van der Waals surface area contributed by atoms with Crippen LogP contribution in [-0.4, -0.2) is 41.6 Å². The van der Waals surface area contributed by atoms with E-state index in [9.17, 15) is 14.4 Å². The summed E-state index contributed by atoms with van der Waals surface area (Å²) in [5, 5.41) is 11.2. The molecule has 1 saturated heterocycles. The lowest BCUT2D eigenvalue weighted by Gasteiger charge is -2.14. The molecule has 0 aromatic heterocycles. The number of carboxylic acids is 1. The third kappa shape index (κ3) is 4.90. The van der Waals surface area contributed by atoms with Crippen LogP contribution in [0.4, 0.5) is 4.79 Å². The highest BCUT2D eigenvalue weighted by molar-refractivity contribution is 14.1. The maximum Gasteiger partial charge on any atom is 0.329 e. The van der Waals surface area contributed by atoms with Gasteiger partial charge in [-0.3, -0.25) is 9.59 Å². The minimum absolute atomic E-state index is 0.00691. The molecule has 0 unspecified atom stereocenters. The molecule has 2 aromatic rings. The van der Waals surface area contributed by atoms with Crippen molar-refractivity contribution in [1.29, 1.82) is 0 Å². The fourth-order valence-electron chi connectivity index (χ4n) is 2.94. The number of hydrogen-bond acceptors (Lipinski definition) is 5. The zero-order valence-electron chi connectivity index (χ0n) is 16.3. The zero-order chi connectivity index (χ0) is 21.8. The lowest BCUT2D eigenvalue weighted by molar-refractivity contribution is -0.140. The predicted octanol–water partition coefficient (Wildman–Crippen LogP) is 3.16. The number of urea groups is 1. The summed E-state index contributed by atoms with van der Waals surface area (Å²) in [6.45, 7) is 1.68. The van der Waals surface area contributed by atoms with Gasteiger partial charge < -0.3 is 19.9 Å². The average molecular weight is 522 g/mol. The van der Waals surface area contributed by atoms with E-state index in [2.05, 4.69) is 27.9 Å². The van der Waals surface area contributed by atoms with Crippen LogP contribution < -0.4 is 14.8 Å². The number of carboxylic acid groups (broad SMARTS) is 1. The van der Waals surface area contributed by atoms with Gasteiger partial charge in [-0.15, -0.1) is 0 Å². The minimum Gasteiger partial charge on any atom is -0.493 e. The van der Waals surface area contributed by atoms with Gasteiger partial charge in [-0.05, 0) is 58.9 Å². The Morgan fingerprint density at radius 3 is 2.70 bits per heavy atom. The van der Waals surface area contributed by atoms with Crippen molar-refractivity contribution in [3.05, 3.63) is 62.4 Å². The van der Waals surface area contributed by atoms with E-state index in [0.29, 0.717) is 28.6 Å². The van der Waals surface area contributed by atoms with Crippen molar-refractivity contribution in [2.24, 2.45) is 0 Å². The molecular formula is C21H19IN2O6. The maximum atomic E-state index is 12.3. The topological polar surface area (TPSA) is 105 Å². The van der Waals surface area contributed by atoms with Crippen molar-refractivity contribution in [2.45, 2.75) is 13.5 Å². The van der Waals surface area contributed by atoms with E-state index in [1.807, 2.05) is 31.2 Å². The number of rotatable bonds is 7. The van der Waals surface area contributed by atoms with Crippen LogP contribution in [0, 0.1) is 10.5 Å². The number of carbonyl (C=O) groups is 3. The van der Waals surface area contributed by atoms with Crippen LogP contribution in [0.2, 0.25) is 0 Å². The molecule has 3 rings (SSSR count). The Labute approximate surface area is 186 Å². The van der Waals surface area contributed by atoms with Crippen LogP contribution in [0.25, 0.3) is 6.08 Å². The number of benzene rings is 2. The molecular weight excluding hydrogens is 503 g/mol. The summed E-state index contributed by atoms with van der Waals surface area (Å²) in [5.41, 5.74) is 2.75. The molecule has 2 N–H and O–H groups in total. The van der Waals surface area contributed by atoms with Crippen LogP contribution in [-0.2, 0) is 16.2 Å². The van der Waals surface area contributed by atoms with Gasteiger partial charge in [0.05, 0.1) is 10.7 Å². The number of nitrogens with one attached hydrogen (secondary N) is 1. The number of imide groups is 1. The van der Waals surface area contributed by atoms with Gasteiger partial charge in [0.1, 0.15) is 18.8 Å². The Morgan fingerprint density at radius 2 is 2.03 bits per heavy atom. The van der Waals surface area contributed by atoms with Crippen molar-refractivity contribution >= 4 is 46.6 Å². The number of ether oxygens (including phenoxy) is 2. The maximum absolute atomic E-state index is 12.3. The number of aryl methyl sites for hydroxylation is 1. The molecule has 1 aliphatic rings. The minimum atomic E-state index is -1.27. The molecule has 3 amide bonds. The first-order valence-electron chi connectivity index (χ1n) is 8.90. The second-order valence-electron chi connectivity index (χ2n) is 6.59. The molecule has 8 nitrogen and oxygen atoms in total. The monoisotopic (exact) mass is 522 g/mol. The number of hydrogen-bond donors (Lipinski definition) is 2. The highest BCUT2D eigenvalue weighted by Gasteiger charge is 2.34. The third-order valence-electron chi connectivity index (χ3n) is 4.28. The molecule has 0 saturated carbocycles. The van der Waals surface area contributed by atoms with Gasteiger partial charge in [0.15, 0.2) is 11.5 Å². The first kappa shape index (κ1) is 21.6. The van der Waals surface area contributed by atoms with Crippen molar-refractivity contribution in [1.82, 2.24) is 10.2 Å². The van der Waals surface area contributed by atoms with Crippen molar-refractivity contribution in [3.8, 4) is 11.5 Å². The summed E-state index contributed by atoms with van der Waals surface area (Å²) in [6.07, 6.45) is 1.47. The van der Waals surface area contributed by atoms with Gasteiger partial charge in [-0.25, -0.2) is 9.69 Å². The van der Waals surface area contributed by atoms with Crippen LogP contribution in [0.3, 0.4) is 0 Å². The number of aliphatic carboxylic acids is 1. The van der Waals surface area contributed by atoms with Crippen molar-refractivity contribution < 1.29 is 29.0 Å². The molecule has 0 atom stereocenters. The van der Waals surface area contributed by atoms with Gasteiger partial charge in [-0.2, -0.15) is 0 Å². The van der Waals surface area contributed by atoms with E-state index >= 15 is 0 Å².